The number of carbonyl (C=O) groups excluding carboxylic acids is 1. The molecule has 1 aliphatic heterocycles. The topological polar surface area (TPSA) is 70.1 Å². The zero-order chi connectivity index (χ0) is 15.2. The fourth-order valence-electron chi connectivity index (χ4n) is 2.26. The molecule has 114 valence electrons. The molecule has 0 radical (unpaired) electrons. The molecule has 1 aromatic carbocycles. The van der Waals surface area contributed by atoms with Crippen molar-refractivity contribution in [1.82, 2.24) is 9.80 Å². The predicted octanol–water partition coefficient (Wildman–Crippen LogP) is 0.675. The zero-order valence-corrected chi connectivity index (χ0v) is 12.1. The van der Waals surface area contributed by atoms with Gasteiger partial charge in [0.2, 0.25) is 5.91 Å². The highest BCUT2D eigenvalue weighted by Crippen LogP contribution is 2.07. The van der Waals surface area contributed by atoms with Gasteiger partial charge in [0.1, 0.15) is 0 Å². The Labute approximate surface area is 123 Å². The van der Waals surface area contributed by atoms with Gasteiger partial charge in [0.25, 0.3) is 0 Å². The van der Waals surface area contributed by atoms with Gasteiger partial charge >= 0.3 is 5.97 Å². The molecule has 21 heavy (non-hydrogen) atoms. The van der Waals surface area contributed by atoms with Crippen LogP contribution in [0.4, 0.5) is 0 Å². The summed E-state index contributed by atoms with van der Waals surface area (Å²) in [6.45, 7) is 3.47. The summed E-state index contributed by atoms with van der Waals surface area (Å²) in [7, 11) is 1.88. The van der Waals surface area contributed by atoms with Gasteiger partial charge in [-0.3, -0.25) is 9.69 Å². The van der Waals surface area contributed by atoms with E-state index in [4.69, 9.17) is 9.84 Å². The summed E-state index contributed by atoms with van der Waals surface area (Å²) < 4.78 is 5.23. The number of ether oxygens (including phenoxy) is 1. The molecule has 6 nitrogen and oxygen atoms in total. The SMILES string of the molecule is CN(CC(=O)N1CCOCC1)Cc1ccc(C(=O)O)cc1. The van der Waals surface area contributed by atoms with Gasteiger partial charge in [-0.25, -0.2) is 4.79 Å². The second-order valence-corrected chi connectivity index (χ2v) is 5.17. The summed E-state index contributed by atoms with van der Waals surface area (Å²) in [5, 5.41) is 8.85. The molecular formula is C15H20N2O4. The van der Waals surface area contributed by atoms with Gasteiger partial charge in [0, 0.05) is 19.6 Å². The molecule has 0 bridgehead atoms. The predicted molar refractivity (Wildman–Crippen MR) is 77.1 cm³/mol. The molecule has 2 rings (SSSR count). The summed E-state index contributed by atoms with van der Waals surface area (Å²) in [5.74, 6) is -0.833. The molecule has 1 fully saturated rings. The van der Waals surface area contributed by atoms with E-state index in [-0.39, 0.29) is 11.5 Å². The van der Waals surface area contributed by atoms with Crippen molar-refractivity contribution < 1.29 is 19.4 Å². The molecule has 0 aliphatic carbocycles. The number of carbonyl (C=O) groups is 2. The minimum Gasteiger partial charge on any atom is -0.478 e. The third kappa shape index (κ3) is 4.54. The van der Waals surface area contributed by atoms with Gasteiger partial charge in [-0.05, 0) is 24.7 Å². The summed E-state index contributed by atoms with van der Waals surface area (Å²) >= 11 is 0. The van der Waals surface area contributed by atoms with Gasteiger partial charge in [0.15, 0.2) is 0 Å². The Kier molecular flexibility index (Phi) is 5.30. The number of morpholine rings is 1. The Morgan fingerprint density at radius 1 is 1.24 bits per heavy atom. The van der Waals surface area contributed by atoms with Crippen LogP contribution in [0.25, 0.3) is 0 Å². The molecule has 6 heteroatoms. The quantitative estimate of drug-likeness (QED) is 0.864. The molecule has 0 saturated carbocycles. The average Bonchev–Trinajstić information content (AvgIpc) is 2.48. The first-order chi connectivity index (χ1) is 10.1. The normalized spacial score (nSPS) is 15.2. The molecule has 0 unspecified atom stereocenters. The second kappa shape index (κ2) is 7.19. The van der Waals surface area contributed by atoms with E-state index < -0.39 is 5.97 Å². The lowest BCUT2D eigenvalue weighted by atomic mass is 10.1. The maximum absolute atomic E-state index is 12.1. The fraction of sp³-hybridized carbons (Fsp3) is 0.467. The van der Waals surface area contributed by atoms with Crippen LogP contribution in [0.3, 0.4) is 0 Å². The van der Waals surface area contributed by atoms with Crippen LogP contribution in [0.5, 0.6) is 0 Å². The van der Waals surface area contributed by atoms with Crippen molar-refractivity contribution in [3.63, 3.8) is 0 Å². The molecule has 1 aromatic rings. The van der Waals surface area contributed by atoms with E-state index in [9.17, 15) is 9.59 Å². The molecule has 1 aliphatic rings. The van der Waals surface area contributed by atoms with E-state index in [0.717, 1.165) is 5.56 Å². The van der Waals surface area contributed by atoms with Crippen molar-refractivity contribution in [3.8, 4) is 0 Å². The highest BCUT2D eigenvalue weighted by atomic mass is 16.5. The van der Waals surface area contributed by atoms with Crippen molar-refractivity contribution in [2.24, 2.45) is 0 Å². The van der Waals surface area contributed by atoms with Crippen LogP contribution in [0.15, 0.2) is 24.3 Å². The van der Waals surface area contributed by atoms with Crippen LogP contribution >= 0.6 is 0 Å². The number of likely N-dealkylation sites (N-methyl/N-ethyl adjacent to an activating group) is 1. The number of benzene rings is 1. The van der Waals surface area contributed by atoms with E-state index in [2.05, 4.69) is 0 Å². The number of rotatable bonds is 5. The number of hydrogen-bond donors (Lipinski definition) is 1. The minimum atomic E-state index is -0.933. The van der Waals surface area contributed by atoms with Crippen LogP contribution in [-0.4, -0.2) is 66.7 Å². The highest BCUT2D eigenvalue weighted by molar-refractivity contribution is 5.87. The van der Waals surface area contributed by atoms with E-state index in [1.807, 2.05) is 16.8 Å². The van der Waals surface area contributed by atoms with Crippen molar-refractivity contribution in [3.05, 3.63) is 35.4 Å². The highest BCUT2D eigenvalue weighted by Gasteiger charge is 2.18. The lowest BCUT2D eigenvalue weighted by molar-refractivity contribution is -0.136. The third-order valence-corrected chi connectivity index (χ3v) is 3.42. The lowest BCUT2D eigenvalue weighted by Gasteiger charge is -2.28. The largest absolute Gasteiger partial charge is 0.478 e. The number of aromatic carboxylic acids is 1. The summed E-state index contributed by atoms with van der Waals surface area (Å²) in [6.07, 6.45) is 0. The summed E-state index contributed by atoms with van der Waals surface area (Å²) in [4.78, 5) is 26.6. The lowest BCUT2D eigenvalue weighted by Crippen LogP contribution is -2.44. The van der Waals surface area contributed by atoms with Crippen molar-refractivity contribution >= 4 is 11.9 Å². The molecular weight excluding hydrogens is 272 g/mol. The number of hydrogen-bond acceptors (Lipinski definition) is 4. The van der Waals surface area contributed by atoms with Gasteiger partial charge in [-0.1, -0.05) is 12.1 Å². The summed E-state index contributed by atoms with van der Waals surface area (Å²) in [6, 6.07) is 6.71. The van der Waals surface area contributed by atoms with Crippen LogP contribution in [0, 0.1) is 0 Å². The molecule has 0 spiro atoms. The number of amides is 1. The molecule has 1 N–H and O–H groups in total. The first kappa shape index (κ1) is 15.5. The van der Waals surface area contributed by atoms with Crippen molar-refractivity contribution in [2.75, 3.05) is 39.9 Å². The Morgan fingerprint density at radius 3 is 2.43 bits per heavy atom. The Bertz CT molecular complexity index is 495. The molecule has 0 aromatic heterocycles. The van der Waals surface area contributed by atoms with E-state index in [0.29, 0.717) is 39.4 Å². The fourth-order valence-corrected chi connectivity index (χ4v) is 2.26. The number of carboxylic acid groups (broad SMARTS) is 1. The van der Waals surface area contributed by atoms with E-state index >= 15 is 0 Å². The molecule has 1 saturated heterocycles. The monoisotopic (exact) mass is 292 g/mol. The Balaban J connectivity index is 1.84. The third-order valence-electron chi connectivity index (χ3n) is 3.42. The average molecular weight is 292 g/mol. The molecule has 0 atom stereocenters. The smallest absolute Gasteiger partial charge is 0.335 e. The maximum atomic E-state index is 12.1. The molecule has 1 heterocycles. The van der Waals surface area contributed by atoms with E-state index in [1.165, 1.54) is 0 Å². The first-order valence-corrected chi connectivity index (χ1v) is 6.92. The summed E-state index contributed by atoms with van der Waals surface area (Å²) in [5.41, 5.74) is 1.25. The van der Waals surface area contributed by atoms with Crippen LogP contribution in [0.2, 0.25) is 0 Å². The Morgan fingerprint density at radius 2 is 1.86 bits per heavy atom. The van der Waals surface area contributed by atoms with Gasteiger partial charge in [-0.2, -0.15) is 0 Å². The van der Waals surface area contributed by atoms with E-state index in [1.54, 1.807) is 24.3 Å². The van der Waals surface area contributed by atoms with Gasteiger partial charge in [0.05, 0.1) is 25.3 Å². The Hall–Kier alpha value is -1.92. The van der Waals surface area contributed by atoms with Crippen molar-refractivity contribution in [2.45, 2.75) is 6.54 Å². The number of carboxylic acids is 1. The maximum Gasteiger partial charge on any atom is 0.335 e. The first-order valence-electron chi connectivity index (χ1n) is 6.92. The standard InChI is InChI=1S/C15H20N2O4/c1-16(11-14(18)17-6-8-21-9-7-17)10-12-2-4-13(5-3-12)15(19)20/h2-5H,6-11H2,1H3,(H,19,20). The second-order valence-electron chi connectivity index (χ2n) is 5.17. The minimum absolute atomic E-state index is 0.1000. The van der Waals surface area contributed by atoms with Crippen LogP contribution in [0.1, 0.15) is 15.9 Å². The number of nitrogens with zero attached hydrogens (tertiary/aromatic N) is 2. The van der Waals surface area contributed by atoms with Gasteiger partial charge in [-0.15, -0.1) is 0 Å². The van der Waals surface area contributed by atoms with Crippen LogP contribution < -0.4 is 0 Å². The van der Waals surface area contributed by atoms with Crippen molar-refractivity contribution in [1.29, 1.82) is 0 Å². The zero-order valence-electron chi connectivity index (χ0n) is 12.1. The van der Waals surface area contributed by atoms with Crippen LogP contribution in [-0.2, 0) is 16.1 Å². The molecule has 1 amide bonds. The van der Waals surface area contributed by atoms with Gasteiger partial charge < -0.3 is 14.7 Å².